The second-order valence-electron chi connectivity index (χ2n) is 5.84. The summed E-state index contributed by atoms with van der Waals surface area (Å²) in [6.07, 6.45) is 5.95. The third-order valence-electron chi connectivity index (χ3n) is 4.32. The minimum atomic E-state index is -0.255. The average molecular weight is 339 g/mol. The number of carbonyl (C=O) groups excluding carboxylic acids is 1. The number of aromatic amines is 2. The number of allylic oxidation sites excluding steroid dienone is 1. The summed E-state index contributed by atoms with van der Waals surface area (Å²) in [5.74, 6) is 0.445. The van der Waals surface area contributed by atoms with Gasteiger partial charge < -0.3 is 19.4 Å². The highest BCUT2D eigenvalue weighted by Crippen LogP contribution is 2.27. The summed E-state index contributed by atoms with van der Waals surface area (Å²) in [6.45, 7) is 3.93. The molecule has 25 heavy (non-hydrogen) atoms. The minimum absolute atomic E-state index is 0.248. The molecule has 2 N–H and O–H groups in total. The molecule has 0 aliphatic carbocycles. The van der Waals surface area contributed by atoms with Crippen molar-refractivity contribution >= 4 is 17.8 Å². The fraction of sp³-hybridized carbons (Fsp3) is 0.263. The van der Waals surface area contributed by atoms with E-state index < -0.39 is 0 Å². The largest absolute Gasteiger partial charge is 0.494 e. The van der Waals surface area contributed by atoms with E-state index in [1.54, 1.807) is 7.11 Å². The Morgan fingerprint density at radius 3 is 2.76 bits per heavy atom. The lowest BCUT2D eigenvalue weighted by atomic mass is 10.1. The van der Waals surface area contributed by atoms with Gasteiger partial charge in [-0.15, -0.1) is 0 Å². The Labute approximate surface area is 146 Å². The normalized spacial score (nSPS) is 15.3. The van der Waals surface area contributed by atoms with Crippen molar-refractivity contribution < 1.29 is 14.3 Å². The van der Waals surface area contributed by atoms with Gasteiger partial charge in [0.1, 0.15) is 11.5 Å². The van der Waals surface area contributed by atoms with Gasteiger partial charge in [-0.05, 0) is 43.2 Å². The molecule has 3 rings (SSSR count). The van der Waals surface area contributed by atoms with Crippen molar-refractivity contribution in [3.63, 3.8) is 0 Å². The fourth-order valence-corrected chi connectivity index (χ4v) is 2.89. The highest BCUT2D eigenvalue weighted by atomic mass is 16.5. The standard InChI is InChI=1S/C19H21N3O3/c1-11-13(8-19(23)25-4)12(2)21-15(11)9-17-18(24-3)10-16(22-17)14-6-5-7-20-14/h5-7,9-10,20-21H,8H2,1-4H3/b17-9-. The van der Waals surface area contributed by atoms with Crippen LogP contribution in [0.1, 0.15) is 28.2 Å². The van der Waals surface area contributed by atoms with Crippen LogP contribution in [0.5, 0.6) is 0 Å². The summed E-state index contributed by atoms with van der Waals surface area (Å²) in [7, 11) is 3.02. The van der Waals surface area contributed by atoms with Crippen molar-refractivity contribution in [1.82, 2.24) is 9.97 Å². The van der Waals surface area contributed by atoms with Gasteiger partial charge in [-0.3, -0.25) is 4.79 Å². The lowest BCUT2D eigenvalue weighted by Gasteiger charge is -2.02. The summed E-state index contributed by atoms with van der Waals surface area (Å²) < 4.78 is 10.2. The Balaban J connectivity index is 1.96. The van der Waals surface area contributed by atoms with Gasteiger partial charge in [-0.1, -0.05) is 0 Å². The summed E-state index contributed by atoms with van der Waals surface area (Å²) in [4.78, 5) is 22.7. The molecule has 0 radical (unpaired) electrons. The molecule has 6 nitrogen and oxygen atoms in total. The van der Waals surface area contributed by atoms with E-state index in [4.69, 9.17) is 9.47 Å². The number of H-pyrrole nitrogens is 2. The lowest BCUT2D eigenvalue weighted by Crippen LogP contribution is -2.05. The monoisotopic (exact) mass is 339 g/mol. The molecule has 0 saturated carbocycles. The predicted octanol–water partition coefficient (Wildman–Crippen LogP) is 3.05. The molecule has 130 valence electrons. The number of esters is 1. The van der Waals surface area contributed by atoms with Gasteiger partial charge >= 0.3 is 5.97 Å². The zero-order valence-corrected chi connectivity index (χ0v) is 14.8. The van der Waals surface area contributed by atoms with Gasteiger partial charge in [0.15, 0.2) is 0 Å². The zero-order chi connectivity index (χ0) is 18.0. The van der Waals surface area contributed by atoms with Gasteiger partial charge in [0.25, 0.3) is 0 Å². The number of ether oxygens (including phenoxy) is 2. The van der Waals surface area contributed by atoms with Crippen LogP contribution in [0.25, 0.3) is 6.08 Å². The number of methoxy groups -OCH3 is 2. The number of carbonyl (C=O) groups is 1. The number of aromatic nitrogens is 2. The third-order valence-corrected chi connectivity index (χ3v) is 4.32. The molecule has 0 atom stereocenters. The highest BCUT2D eigenvalue weighted by Gasteiger charge is 2.19. The molecule has 6 heteroatoms. The maximum atomic E-state index is 11.6. The second kappa shape index (κ2) is 6.84. The highest BCUT2D eigenvalue weighted by molar-refractivity contribution is 6.11. The van der Waals surface area contributed by atoms with Gasteiger partial charge in [0.2, 0.25) is 0 Å². The van der Waals surface area contributed by atoms with Crippen LogP contribution in [0.2, 0.25) is 0 Å². The first-order chi connectivity index (χ1) is 12.0. The molecule has 0 spiro atoms. The molecule has 0 saturated heterocycles. The molecular formula is C19H21N3O3. The fourth-order valence-electron chi connectivity index (χ4n) is 2.89. The molecule has 2 aromatic heterocycles. The first-order valence-corrected chi connectivity index (χ1v) is 7.98. The van der Waals surface area contributed by atoms with Crippen LogP contribution in [0.4, 0.5) is 0 Å². The van der Waals surface area contributed by atoms with Crippen LogP contribution >= 0.6 is 0 Å². The number of hydrogen-bond donors (Lipinski definition) is 2. The van der Waals surface area contributed by atoms with E-state index in [1.807, 2.05) is 44.3 Å². The first-order valence-electron chi connectivity index (χ1n) is 7.98. The molecule has 2 aromatic rings. The van der Waals surface area contributed by atoms with Gasteiger partial charge in [0, 0.05) is 23.7 Å². The van der Waals surface area contributed by atoms with E-state index >= 15 is 0 Å². The molecular weight excluding hydrogens is 318 g/mol. The van der Waals surface area contributed by atoms with E-state index in [2.05, 4.69) is 15.0 Å². The van der Waals surface area contributed by atoms with Gasteiger partial charge in [-0.25, -0.2) is 4.99 Å². The van der Waals surface area contributed by atoms with Gasteiger partial charge in [0.05, 0.1) is 32.0 Å². The number of aliphatic imine (C=N–C) groups is 1. The van der Waals surface area contributed by atoms with Crippen LogP contribution in [0.3, 0.4) is 0 Å². The van der Waals surface area contributed by atoms with Crippen molar-refractivity contribution in [1.29, 1.82) is 0 Å². The van der Waals surface area contributed by atoms with Crippen molar-refractivity contribution in [3.8, 4) is 0 Å². The molecule has 3 heterocycles. The SMILES string of the molecule is COC(=O)Cc1c(C)[nH]c(/C=C2\N=C(c3ccc[nH]3)C=C2OC)c1C. The molecule has 1 aliphatic rings. The Kier molecular flexibility index (Phi) is 4.61. The van der Waals surface area contributed by atoms with E-state index in [9.17, 15) is 4.79 Å². The van der Waals surface area contributed by atoms with E-state index in [0.717, 1.165) is 39.6 Å². The number of rotatable bonds is 5. The van der Waals surface area contributed by atoms with Crippen molar-refractivity contribution in [2.75, 3.05) is 14.2 Å². The van der Waals surface area contributed by atoms with Crippen LogP contribution in [0.15, 0.2) is 40.9 Å². The van der Waals surface area contributed by atoms with Crippen molar-refractivity contribution in [2.24, 2.45) is 4.99 Å². The zero-order valence-electron chi connectivity index (χ0n) is 14.8. The van der Waals surface area contributed by atoms with E-state index in [-0.39, 0.29) is 12.4 Å². The molecule has 0 amide bonds. The summed E-state index contributed by atoms with van der Waals surface area (Å²) in [5.41, 5.74) is 6.31. The maximum absolute atomic E-state index is 11.6. The Morgan fingerprint density at radius 1 is 1.32 bits per heavy atom. The summed E-state index contributed by atoms with van der Waals surface area (Å²) in [5, 5.41) is 0. The van der Waals surface area contributed by atoms with Crippen LogP contribution < -0.4 is 0 Å². The molecule has 0 unspecified atom stereocenters. The minimum Gasteiger partial charge on any atom is -0.494 e. The number of hydrogen-bond acceptors (Lipinski definition) is 4. The first kappa shape index (κ1) is 16.8. The Hall–Kier alpha value is -3.02. The Bertz CT molecular complexity index is 883. The number of nitrogens with zero attached hydrogens (tertiary/aromatic N) is 1. The summed E-state index contributed by atoms with van der Waals surface area (Å²) >= 11 is 0. The number of nitrogens with one attached hydrogen (secondary N) is 2. The quantitative estimate of drug-likeness (QED) is 0.822. The smallest absolute Gasteiger partial charge is 0.310 e. The molecule has 0 fully saturated rings. The second-order valence-corrected chi connectivity index (χ2v) is 5.84. The lowest BCUT2D eigenvalue weighted by molar-refractivity contribution is -0.139. The summed E-state index contributed by atoms with van der Waals surface area (Å²) in [6, 6.07) is 3.89. The van der Waals surface area contributed by atoms with Crippen molar-refractivity contribution in [2.45, 2.75) is 20.3 Å². The predicted molar refractivity (Wildman–Crippen MR) is 96.4 cm³/mol. The van der Waals surface area contributed by atoms with E-state index in [0.29, 0.717) is 5.76 Å². The van der Waals surface area contributed by atoms with E-state index in [1.165, 1.54) is 7.11 Å². The average Bonchev–Trinajstić information content (AvgIpc) is 3.31. The van der Waals surface area contributed by atoms with Gasteiger partial charge in [-0.2, -0.15) is 0 Å². The van der Waals surface area contributed by atoms with Crippen molar-refractivity contribution in [3.05, 3.63) is 64.1 Å². The Morgan fingerprint density at radius 2 is 2.12 bits per heavy atom. The maximum Gasteiger partial charge on any atom is 0.310 e. The topological polar surface area (TPSA) is 79.5 Å². The van der Waals surface area contributed by atoms with Crippen LogP contribution in [-0.4, -0.2) is 35.9 Å². The number of aryl methyl sites for hydroxylation is 1. The molecule has 1 aliphatic heterocycles. The third kappa shape index (κ3) is 3.28. The molecule has 0 bridgehead atoms. The van der Waals surface area contributed by atoms with Crippen LogP contribution in [-0.2, 0) is 20.7 Å². The van der Waals surface area contributed by atoms with Crippen LogP contribution in [0, 0.1) is 13.8 Å². The molecule has 0 aromatic carbocycles.